The largest absolute Gasteiger partial charge is 0.480 e. The molecule has 1 rings (SSSR count). The summed E-state index contributed by atoms with van der Waals surface area (Å²) in [6.45, 7) is 4.54. The number of carbonyl (C=O) groups is 1. The van der Waals surface area contributed by atoms with E-state index in [2.05, 4.69) is 4.72 Å². The van der Waals surface area contributed by atoms with Crippen molar-refractivity contribution in [3.8, 4) is 0 Å². The number of hydrogen-bond donors (Lipinski definition) is 2. The molecule has 1 aromatic rings. The minimum absolute atomic E-state index is 0.401. The highest BCUT2D eigenvalue weighted by Crippen LogP contribution is 2.20. The van der Waals surface area contributed by atoms with E-state index >= 15 is 0 Å². The van der Waals surface area contributed by atoms with Crippen LogP contribution in [0.2, 0.25) is 0 Å². The first-order valence-corrected chi connectivity index (χ1v) is 6.93. The van der Waals surface area contributed by atoms with Crippen LogP contribution in [0.4, 0.5) is 0 Å². The highest BCUT2D eigenvalue weighted by Gasteiger charge is 2.34. The van der Waals surface area contributed by atoms with E-state index in [0.29, 0.717) is 5.56 Å². The van der Waals surface area contributed by atoms with Gasteiger partial charge in [-0.25, -0.2) is 8.42 Å². The van der Waals surface area contributed by atoms with E-state index in [1.807, 2.05) is 0 Å². The maximum Gasteiger partial charge on any atom is 0.326 e. The van der Waals surface area contributed by atoms with Gasteiger partial charge in [0.15, 0.2) is 0 Å². The van der Waals surface area contributed by atoms with Crippen LogP contribution in [0.15, 0.2) is 30.3 Å². The highest BCUT2D eigenvalue weighted by atomic mass is 32.2. The number of aliphatic carboxylic acids is 1. The van der Waals surface area contributed by atoms with Crippen LogP contribution in [0.25, 0.3) is 0 Å². The second-order valence-corrected chi connectivity index (χ2v) is 7.38. The normalized spacial score (nSPS) is 14.2. The van der Waals surface area contributed by atoms with Crippen LogP contribution < -0.4 is 4.72 Å². The van der Waals surface area contributed by atoms with Crippen molar-refractivity contribution in [3.63, 3.8) is 0 Å². The minimum Gasteiger partial charge on any atom is -0.480 e. The maximum absolute atomic E-state index is 12.0. The van der Waals surface area contributed by atoms with Gasteiger partial charge in [-0.3, -0.25) is 4.79 Å². The third-order valence-corrected chi connectivity index (χ3v) is 4.62. The topological polar surface area (TPSA) is 83.5 Å². The van der Waals surface area contributed by atoms with Crippen molar-refractivity contribution in [1.29, 1.82) is 0 Å². The van der Waals surface area contributed by atoms with Gasteiger partial charge in [0, 0.05) is 0 Å². The molecule has 5 nitrogen and oxygen atoms in total. The van der Waals surface area contributed by atoms with Crippen molar-refractivity contribution in [2.24, 2.45) is 0 Å². The second-order valence-electron chi connectivity index (χ2n) is 4.92. The Balaban J connectivity index is 3.08. The summed E-state index contributed by atoms with van der Waals surface area (Å²) in [5.41, 5.74) is 0.401. The van der Waals surface area contributed by atoms with Crippen molar-refractivity contribution in [2.45, 2.75) is 31.6 Å². The molecule has 0 aliphatic rings. The molecule has 0 spiro atoms. The summed E-state index contributed by atoms with van der Waals surface area (Å²) in [5, 5.41) is 9.13. The molecule has 0 saturated heterocycles. The van der Waals surface area contributed by atoms with Crippen LogP contribution in [-0.2, 0) is 14.8 Å². The molecular formula is C12H17NO4S. The third-order valence-electron chi connectivity index (χ3n) is 2.46. The van der Waals surface area contributed by atoms with Crippen LogP contribution in [0.1, 0.15) is 32.4 Å². The van der Waals surface area contributed by atoms with Crippen molar-refractivity contribution < 1.29 is 18.3 Å². The lowest BCUT2D eigenvalue weighted by Gasteiger charge is -2.23. The molecule has 1 aromatic carbocycles. The van der Waals surface area contributed by atoms with Crippen LogP contribution in [0.5, 0.6) is 0 Å². The fraction of sp³-hybridized carbons (Fsp3) is 0.417. The molecule has 100 valence electrons. The van der Waals surface area contributed by atoms with Gasteiger partial charge in [-0.05, 0) is 26.3 Å². The van der Waals surface area contributed by atoms with Gasteiger partial charge in [0.2, 0.25) is 10.0 Å². The van der Waals surface area contributed by atoms with Gasteiger partial charge in [0.1, 0.15) is 6.04 Å². The molecule has 0 aromatic heterocycles. The molecule has 0 aliphatic heterocycles. The van der Waals surface area contributed by atoms with E-state index in [1.165, 1.54) is 20.8 Å². The minimum atomic E-state index is -3.72. The average molecular weight is 271 g/mol. The summed E-state index contributed by atoms with van der Waals surface area (Å²) in [6, 6.07) is 6.94. The number of benzene rings is 1. The van der Waals surface area contributed by atoms with Gasteiger partial charge < -0.3 is 5.11 Å². The summed E-state index contributed by atoms with van der Waals surface area (Å²) in [4.78, 5) is 11.2. The molecule has 0 radical (unpaired) electrons. The molecule has 0 heterocycles. The Hall–Kier alpha value is -1.40. The van der Waals surface area contributed by atoms with Crippen LogP contribution in [0.3, 0.4) is 0 Å². The van der Waals surface area contributed by atoms with Crippen LogP contribution in [0, 0.1) is 0 Å². The fourth-order valence-corrected chi connectivity index (χ4v) is 2.14. The van der Waals surface area contributed by atoms with E-state index < -0.39 is 26.8 Å². The monoisotopic (exact) mass is 271 g/mol. The van der Waals surface area contributed by atoms with E-state index in [4.69, 9.17) is 5.11 Å². The number of sulfonamides is 1. The number of carboxylic acids is 1. The van der Waals surface area contributed by atoms with Crippen LogP contribution >= 0.6 is 0 Å². The number of carboxylic acid groups (broad SMARTS) is 1. The van der Waals surface area contributed by atoms with Gasteiger partial charge in [-0.15, -0.1) is 0 Å². The van der Waals surface area contributed by atoms with Gasteiger partial charge in [0.25, 0.3) is 0 Å². The van der Waals surface area contributed by atoms with Gasteiger partial charge in [-0.2, -0.15) is 4.72 Å². The summed E-state index contributed by atoms with van der Waals surface area (Å²) >= 11 is 0. The quantitative estimate of drug-likeness (QED) is 0.870. The summed E-state index contributed by atoms with van der Waals surface area (Å²) < 4.78 is 25.1. The number of hydrogen-bond acceptors (Lipinski definition) is 3. The molecule has 0 saturated carbocycles. The van der Waals surface area contributed by atoms with E-state index in [1.54, 1.807) is 30.3 Å². The first-order chi connectivity index (χ1) is 8.15. The number of rotatable bonds is 4. The Labute approximate surface area is 107 Å². The average Bonchev–Trinajstić information content (AvgIpc) is 2.25. The summed E-state index contributed by atoms with van der Waals surface area (Å²) in [6.07, 6.45) is 0. The lowest BCUT2D eigenvalue weighted by Crippen LogP contribution is -2.43. The standard InChI is InChI=1S/C12H17NO4S/c1-12(2,3)18(16,17)13-10(11(14)15)9-7-5-4-6-8-9/h4-8,10,13H,1-3H3,(H,14,15)/t10-/m0/s1. The van der Waals surface area contributed by atoms with Crippen molar-refractivity contribution in [1.82, 2.24) is 4.72 Å². The molecule has 0 aliphatic carbocycles. The summed E-state index contributed by atoms with van der Waals surface area (Å²) in [7, 11) is -3.72. The van der Waals surface area contributed by atoms with Crippen molar-refractivity contribution in [3.05, 3.63) is 35.9 Å². The molecule has 18 heavy (non-hydrogen) atoms. The highest BCUT2D eigenvalue weighted by molar-refractivity contribution is 7.90. The second kappa shape index (κ2) is 5.07. The maximum atomic E-state index is 12.0. The zero-order valence-electron chi connectivity index (χ0n) is 10.5. The lowest BCUT2D eigenvalue weighted by molar-refractivity contribution is -0.139. The van der Waals surface area contributed by atoms with Crippen molar-refractivity contribution >= 4 is 16.0 Å². The van der Waals surface area contributed by atoms with Gasteiger partial charge in [0.05, 0.1) is 4.75 Å². The first kappa shape index (κ1) is 14.7. The molecule has 2 N–H and O–H groups in total. The molecule has 6 heteroatoms. The predicted molar refractivity (Wildman–Crippen MR) is 68.6 cm³/mol. The van der Waals surface area contributed by atoms with Crippen molar-refractivity contribution in [2.75, 3.05) is 0 Å². The lowest BCUT2D eigenvalue weighted by atomic mass is 10.1. The third kappa shape index (κ3) is 3.30. The predicted octanol–water partition coefficient (Wildman–Crippen LogP) is 1.53. The van der Waals surface area contributed by atoms with Crippen LogP contribution in [-0.4, -0.2) is 24.2 Å². The Bertz CT molecular complexity index is 517. The molecule has 0 unspecified atom stereocenters. The Morgan fingerprint density at radius 1 is 1.22 bits per heavy atom. The molecular weight excluding hydrogens is 254 g/mol. The molecule has 0 bridgehead atoms. The molecule has 0 fully saturated rings. The Kier molecular flexibility index (Phi) is 4.13. The fourth-order valence-electron chi connectivity index (χ4n) is 1.24. The zero-order chi connectivity index (χ0) is 14.0. The van der Waals surface area contributed by atoms with E-state index in [-0.39, 0.29) is 0 Å². The van der Waals surface area contributed by atoms with E-state index in [9.17, 15) is 13.2 Å². The SMILES string of the molecule is CC(C)(C)S(=O)(=O)N[C@H](C(=O)O)c1ccccc1. The first-order valence-electron chi connectivity index (χ1n) is 5.45. The Morgan fingerprint density at radius 2 is 1.72 bits per heavy atom. The summed E-state index contributed by atoms with van der Waals surface area (Å²) in [5.74, 6) is -1.23. The smallest absolute Gasteiger partial charge is 0.326 e. The molecule has 0 amide bonds. The molecule has 1 atom stereocenters. The van der Waals surface area contributed by atoms with Gasteiger partial charge in [-0.1, -0.05) is 30.3 Å². The zero-order valence-corrected chi connectivity index (χ0v) is 11.4. The number of nitrogens with one attached hydrogen (secondary N) is 1. The van der Waals surface area contributed by atoms with E-state index in [0.717, 1.165) is 0 Å². The van der Waals surface area contributed by atoms with Gasteiger partial charge >= 0.3 is 5.97 Å². The Morgan fingerprint density at radius 3 is 2.11 bits per heavy atom.